The normalized spacial score (nSPS) is 17.0. The standard InChI is InChI=1S/C27H25NO6/c1-32-20-11-13-21(14-12-20)34-16-15-28-24(19-9-6-10-22(17-19)33-2)23(26(30)27(28)31)25(29)18-7-4-3-5-8-18/h3-14,17,24,29H,15-16H2,1-2H3/b25-23-. The molecule has 1 aliphatic heterocycles. The number of Topliss-reactive ketones (excluding diaryl/α,β-unsaturated/α-hetero) is 1. The van der Waals surface area contributed by atoms with Crippen LogP contribution in [0.2, 0.25) is 0 Å². The van der Waals surface area contributed by atoms with Crippen molar-refractivity contribution in [2.45, 2.75) is 6.04 Å². The smallest absolute Gasteiger partial charge is 0.295 e. The van der Waals surface area contributed by atoms with Crippen LogP contribution in [0.1, 0.15) is 17.2 Å². The first kappa shape index (κ1) is 22.9. The lowest BCUT2D eigenvalue weighted by Crippen LogP contribution is -2.33. The fourth-order valence-corrected chi connectivity index (χ4v) is 3.95. The number of carbonyl (C=O) groups is 2. The number of aliphatic hydroxyl groups is 1. The Morgan fingerprint density at radius 3 is 2.21 bits per heavy atom. The predicted octanol–water partition coefficient (Wildman–Crippen LogP) is 4.20. The molecular formula is C27H25NO6. The molecule has 0 radical (unpaired) electrons. The highest BCUT2D eigenvalue weighted by Gasteiger charge is 2.46. The Labute approximate surface area is 197 Å². The van der Waals surface area contributed by atoms with Gasteiger partial charge in [-0.2, -0.15) is 0 Å². The number of likely N-dealkylation sites (tertiary alicyclic amines) is 1. The molecule has 1 atom stereocenters. The summed E-state index contributed by atoms with van der Waals surface area (Å²) < 4.78 is 16.3. The molecule has 0 aliphatic carbocycles. The predicted molar refractivity (Wildman–Crippen MR) is 127 cm³/mol. The van der Waals surface area contributed by atoms with Gasteiger partial charge in [-0.05, 0) is 42.0 Å². The number of ether oxygens (including phenoxy) is 3. The van der Waals surface area contributed by atoms with E-state index in [0.717, 1.165) is 0 Å². The fraction of sp³-hybridized carbons (Fsp3) is 0.185. The summed E-state index contributed by atoms with van der Waals surface area (Å²) in [7, 11) is 3.13. The Kier molecular flexibility index (Phi) is 6.82. The molecule has 0 spiro atoms. The molecule has 1 fully saturated rings. The molecule has 34 heavy (non-hydrogen) atoms. The molecule has 0 aromatic heterocycles. The first-order chi connectivity index (χ1) is 16.5. The van der Waals surface area contributed by atoms with Gasteiger partial charge in [0.25, 0.3) is 11.7 Å². The molecule has 1 heterocycles. The number of nitrogens with zero attached hydrogens (tertiary/aromatic N) is 1. The van der Waals surface area contributed by atoms with Gasteiger partial charge in [-0.1, -0.05) is 42.5 Å². The molecular weight excluding hydrogens is 434 g/mol. The van der Waals surface area contributed by atoms with E-state index >= 15 is 0 Å². The number of ketones is 1. The largest absolute Gasteiger partial charge is 0.507 e. The van der Waals surface area contributed by atoms with Crippen LogP contribution in [0, 0.1) is 0 Å². The van der Waals surface area contributed by atoms with Crippen LogP contribution in [-0.2, 0) is 9.59 Å². The molecule has 7 heteroatoms. The van der Waals surface area contributed by atoms with Gasteiger partial charge in [0.15, 0.2) is 0 Å². The van der Waals surface area contributed by atoms with Gasteiger partial charge in [-0.3, -0.25) is 9.59 Å². The highest BCUT2D eigenvalue weighted by Crippen LogP contribution is 2.40. The van der Waals surface area contributed by atoms with Crippen molar-refractivity contribution < 1.29 is 28.9 Å². The van der Waals surface area contributed by atoms with E-state index < -0.39 is 17.7 Å². The lowest BCUT2D eigenvalue weighted by atomic mass is 9.95. The van der Waals surface area contributed by atoms with Crippen molar-refractivity contribution >= 4 is 17.4 Å². The van der Waals surface area contributed by atoms with E-state index in [1.165, 1.54) is 4.90 Å². The minimum atomic E-state index is -0.783. The molecule has 3 aromatic rings. The number of amides is 1. The van der Waals surface area contributed by atoms with Gasteiger partial charge in [-0.15, -0.1) is 0 Å². The minimum absolute atomic E-state index is 0.0360. The topological polar surface area (TPSA) is 85.3 Å². The molecule has 1 aliphatic rings. The van der Waals surface area contributed by atoms with E-state index in [2.05, 4.69) is 0 Å². The average molecular weight is 459 g/mol. The van der Waals surface area contributed by atoms with Crippen LogP contribution in [0.5, 0.6) is 17.2 Å². The summed E-state index contributed by atoms with van der Waals surface area (Å²) >= 11 is 0. The van der Waals surface area contributed by atoms with Crippen molar-refractivity contribution in [2.24, 2.45) is 0 Å². The third kappa shape index (κ3) is 4.59. The van der Waals surface area contributed by atoms with E-state index in [0.29, 0.717) is 28.4 Å². The zero-order valence-electron chi connectivity index (χ0n) is 18.9. The van der Waals surface area contributed by atoms with Gasteiger partial charge < -0.3 is 24.2 Å². The fourth-order valence-electron chi connectivity index (χ4n) is 3.95. The van der Waals surface area contributed by atoms with Crippen molar-refractivity contribution in [3.8, 4) is 17.2 Å². The molecule has 174 valence electrons. The van der Waals surface area contributed by atoms with Crippen LogP contribution in [0.15, 0.2) is 84.4 Å². The summed E-state index contributed by atoms with van der Waals surface area (Å²) in [6.45, 7) is 0.301. The molecule has 1 saturated heterocycles. The number of carbonyl (C=O) groups excluding carboxylic acids is 2. The molecule has 1 N–H and O–H groups in total. The van der Waals surface area contributed by atoms with Crippen molar-refractivity contribution in [3.05, 3.63) is 95.6 Å². The van der Waals surface area contributed by atoms with Crippen LogP contribution in [-0.4, -0.2) is 49.1 Å². The first-order valence-corrected chi connectivity index (χ1v) is 10.8. The minimum Gasteiger partial charge on any atom is -0.507 e. The van der Waals surface area contributed by atoms with Gasteiger partial charge in [0.1, 0.15) is 29.6 Å². The van der Waals surface area contributed by atoms with E-state index in [9.17, 15) is 14.7 Å². The summed E-state index contributed by atoms with van der Waals surface area (Å²) in [5, 5.41) is 11.0. The van der Waals surface area contributed by atoms with Crippen LogP contribution < -0.4 is 14.2 Å². The Balaban J connectivity index is 1.67. The van der Waals surface area contributed by atoms with E-state index in [1.807, 2.05) is 6.07 Å². The highest BCUT2D eigenvalue weighted by molar-refractivity contribution is 6.46. The second-order valence-corrected chi connectivity index (χ2v) is 7.66. The maximum Gasteiger partial charge on any atom is 0.295 e. The lowest BCUT2D eigenvalue weighted by Gasteiger charge is -2.25. The Bertz CT molecular complexity index is 1200. The molecule has 1 amide bonds. The van der Waals surface area contributed by atoms with E-state index in [1.54, 1.807) is 87.0 Å². The van der Waals surface area contributed by atoms with Gasteiger partial charge in [0.05, 0.1) is 32.4 Å². The molecule has 0 bridgehead atoms. The zero-order chi connectivity index (χ0) is 24.1. The van der Waals surface area contributed by atoms with Gasteiger partial charge in [0, 0.05) is 5.56 Å². The molecule has 7 nitrogen and oxygen atoms in total. The van der Waals surface area contributed by atoms with Crippen LogP contribution >= 0.6 is 0 Å². The number of hydrogen-bond donors (Lipinski definition) is 1. The SMILES string of the molecule is COc1ccc(OCCN2C(=O)C(=O)/C(=C(\O)c3ccccc3)C2c2cccc(OC)c2)cc1. The zero-order valence-corrected chi connectivity index (χ0v) is 18.9. The van der Waals surface area contributed by atoms with Crippen LogP contribution in [0.3, 0.4) is 0 Å². The van der Waals surface area contributed by atoms with Crippen LogP contribution in [0.4, 0.5) is 0 Å². The second-order valence-electron chi connectivity index (χ2n) is 7.66. The lowest BCUT2D eigenvalue weighted by molar-refractivity contribution is -0.140. The average Bonchev–Trinajstić information content (AvgIpc) is 3.14. The molecule has 0 saturated carbocycles. The summed E-state index contributed by atoms with van der Waals surface area (Å²) in [4.78, 5) is 27.5. The summed E-state index contributed by atoms with van der Waals surface area (Å²) in [6.07, 6.45) is 0. The molecule has 1 unspecified atom stereocenters. The summed E-state index contributed by atoms with van der Waals surface area (Å²) in [6, 6.07) is 22.1. The van der Waals surface area contributed by atoms with Gasteiger partial charge in [-0.25, -0.2) is 0 Å². The second kappa shape index (κ2) is 10.1. The third-order valence-electron chi connectivity index (χ3n) is 5.66. The molecule has 4 rings (SSSR count). The van der Waals surface area contributed by atoms with Gasteiger partial charge >= 0.3 is 0 Å². The first-order valence-electron chi connectivity index (χ1n) is 10.8. The van der Waals surface area contributed by atoms with Gasteiger partial charge in [0.2, 0.25) is 0 Å². The van der Waals surface area contributed by atoms with E-state index in [-0.39, 0.29) is 24.5 Å². The maximum atomic E-state index is 13.1. The van der Waals surface area contributed by atoms with Crippen molar-refractivity contribution in [3.63, 3.8) is 0 Å². The Hall–Kier alpha value is -4.26. The Morgan fingerprint density at radius 1 is 0.853 bits per heavy atom. The van der Waals surface area contributed by atoms with Crippen molar-refractivity contribution in [2.75, 3.05) is 27.4 Å². The number of methoxy groups -OCH3 is 2. The monoisotopic (exact) mass is 459 g/mol. The number of benzene rings is 3. The highest BCUT2D eigenvalue weighted by atomic mass is 16.5. The summed E-state index contributed by atoms with van der Waals surface area (Å²) in [5.74, 6) is 0.251. The Morgan fingerprint density at radius 2 is 1.53 bits per heavy atom. The number of hydrogen-bond acceptors (Lipinski definition) is 6. The summed E-state index contributed by atoms with van der Waals surface area (Å²) in [5.41, 5.74) is 1.15. The third-order valence-corrected chi connectivity index (χ3v) is 5.66. The number of aliphatic hydroxyl groups excluding tert-OH is 1. The maximum absolute atomic E-state index is 13.1. The van der Waals surface area contributed by atoms with Crippen LogP contribution in [0.25, 0.3) is 5.76 Å². The van der Waals surface area contributed by atoms with Crippen molar-refractivity contribution in [1.29, 1.82) is 0 Å². The van der Waals surface area contributed by atoms with E-state index in [4.69, 9.17) is 14.2 Å². The quantitative estimate of drug-likeness (QED) is 0.309. The number of rotatable bonds is 8. The van der Waals surface area contributed by atoms with Crippen molar-refractivity contribution in [1.82, 2.24) is 4.90 Å². The molecule has 3 aromatic carbocycles.